The van der Waals surface area contributed by atoms with E-state index in [0.29, 0.717) is 18.1 Å². The van der Waals surface area contributed by atoms with Crippen LogP contribution in [-0.4, -0.2) is 26.7 Å². The molecule has 0 bridgehead atoms. The highest BCUT2D eigenvalue weighted by Crippen LogP contribution is 2.03. The Kier molecular flexibility index (Phi) is 3.00. The Morgan fingerprint density at radius 3 is 3.15 bits per heavy atom. The molecule has 1 rings (SSSR count). The Morgan fingerprint density at radius 2 is 2.62 bits per heavy atom. The van der Waals surface area contributed by atoms with Crippen molar-refractivity contribution in [1.82, 2.24) is 20.6 Å². The van der Waals surface area contributed by atoms with Gasteiger partial charge in [0.15, 0.2) is 0 Å². The number of nitrogens with one attached hydrogen (secondary N) is 2. The fourth-order valence-electron chi connectivity index (χ4n) is 0.701. The number of hydrogen-bond donors (Lipinski definition) is 3. The molecule has 0 radical (unpaired) electrons. The first-order valence-electron chi connectivity index (χ1n) is 3.62. The monoisotopic (exact) mass is 178 g/mol. The van der Waals surface area contributed by atoms with E-state index in [2.05, 4.69) is 38.4 Å². The van der Waals surface area contributed by atoms with Gasteiger partial charge in [0.1, 0.15) is 0 Å². The van der Waals surface area contributed by atoms with Crippen molar-refractivity contribution < 1.29 is 0 Å². The maximum absolute atomic E-state index is 5.65. The molecular weight excluding hydrogens is 168 g/mol. The van der Waals surface area contributed by atoms with E-state index in [1.54, 1.807) is 0 Å². The Hall–Kier alpha value is -1.87. The molecule has 0 aliphatic heterocycles. The molecule has 68 valence electrons. The van der Waals surface area contributed by atoms with Crippen LogP contribution >= 0.6 is 0 Å². The zero-order chi connectivity index (χ0) is 9.68. The van der Waals surface area contributed by atoms with E-state index in [9.17, 15) is 0 Å². The Morgan fingerprint density at radius 1 is 1.85 bits per heavy atom. The number of aromatic amines is 1. The summed E-state index contributed by atoms with van der Waals surface area (Å²) in [5.41, 5.74) is 6.22. The molecule has 13 heavy (non-hydrogen) atoms. The first kappa shape index (κ1) is 9.22. The van der Waals surface area contributed by atoms with Gasteiger partial charge in [-0.3, -0.25) is 0 Å². The highest BCUT2D eigenvalue weighted by molar-refractivity contribution is 5.32. The van der Waals surface area contributed by atoms with Gasteiger partial charge in [-0.05, 0) is 5.21 Å². The van der Waals surface area contributed by atoms with Crippen LogP contribution in [0.5, 0.6) is 0 Å². The van der Waals surface area contributed by atoms with E-state index in [-0.39, 0.29) is 6.04 Å². The minimum Gasteiger partial charge on any atom is -0.324 e. The average Bonchev–Trinajstić information content (AvgIpc) is 2.57. The summed E-state index contributed by atoms with van der Waals surface area (Å²) in [6.07, 6.45) is 5.51. The summed E-state index contributed by atoms with van der Waals surface area (Å²) in [6, 6.07) is -0.302. The quantitative estimate of drug-likeness (QED) is 0.539. The number of tetrazole rings is 1. The lowest BCUT2D eigenvalue weighted by molar-refractivity contribution is 0.802. The fourth-order valence-corrected chi connectivity index (χ4v) is 0.701. The third-order valence-electron chi connectivity index (χ3n) is 1.40. The summed E-state index contributed by atoms with van der Waals surface area (Å²) in [6.45, 7) is 3.69. The van der Waals surface area contributed by atoms with Crippen LogP contribution in [-0.2, 0) is 0 Å². The van der Waals surface area contributed by atoms with Crippen LogP contribution in [0.2, 0.25) is 0 Å². The van der Waals surface area contributed by atoms with E-state index in [1.807, 2.05) is 0 Å². The third kappa shape index (κ3) is 2.57. The lowest BCUT2D eigenvalue weighted by Gasteiger charge is -2.10. The zero-order valence-electron chi connectivity index (χ0n) is 6.99. The highest BCUT2D eigenvalue weighted by atomic mass is 15.5. The molecule has 0 saturated heterocycles. The average molecular weight is 178 g/mol. The van der Waals surface area contributed by atoms with Gasteiger partial charge >= 0.3 is 0 Å². The first-order valence-corrected chi connectivity index (χ1v) is 3.62. The zero-order valence-corrected chi connectivity index (χ0v) is 6.99. The standard InChI is InChI=1S/C7H10N6/c1-3-4-6(8)5(2)9-7-10-12-13-11-7/h1,6H,2,4,8H2,(H2,9,10,11,12,13)/t6-/m0/s1. The molecule has 0 fully saturated rings. The molecule has 0 aromatic carbocycles. The van der Waals surface area contributed by atoms with Crippen molar-refractivity contribution in [3.8, 4) is 12.3 Å². The van der Waals surface area contributed by atoms with Crippen molar-refractivity contribution in [1.29, 1.82) is 0 Å². The molecule has 0 saturated carbocycles. The van der Waals surface area contributed by atoms with E-state index in [1.165, 1.54) is 0 Å². The number of H-pyrrole nitrogens is 1. The van der Waals surface area contributed by atoms with E-state index >= 15 is 0 Å². The SMILES string of the molecule is C#CC[C@H](N)C(=C)Nc1nn[nH]n1. The summed E-state index contributed by atoms with van der Waals surface area (Å²) < 4.78 is 0. The molecular formula is C7H10N6. The van der Waals surface area contributed by atoms with Gasteiger partial charge in [-0.25, -0.2) is 0 Å². The predicted octanol–water partition coefficient (Wildman–Crippen LogP) is -0.524. The summed E-state index contributed by atoms with van der Waals surface area (Å²) in [4.78, 5) is 0. The highest BCUT2D eigenvalue weighted by Gasteiger charge is 2.07. The molecule has 1 heterocycles. The molecule has 0 aliphatic carbocycles. The van der Waals surface area contributed by atoms with Gasteiger partial charge in [0.2, 0.25) is 0 Å². The Bertz CT molecular complexity index is 308. The predicted molar refractivity (Wildman–Crippen MR) is 48.4 cm³/mol. The van der Waals surface area contributed by atoms with Crippen LogP contribution in [0.4, 0.5) is 5.95 Å². The minimum absolute atomic E-state index is 0.302. The topological polar surface area (TPSA) is 92.5 Å². The number of rotatable bonds is 4. The molecule has 6 nitrogen and oxygen atoms in total. The molecule has 0 unspecified atom stereocenters. The van der Waals surface area contributed by atoms with Gasteiger partial charge in [-0.2, -0.15) is 5.21 Å². The molecule has 1 aromatic rings. The molecule has 6 heteroatoms. The summed E-state index contributed by atoms with van der Waals surface area (Å²) in [5, 5.41) is 15.8. The van der Waals surface area contributed by atoms with Crippen molar-refractivity contribution >= 4 is 5.95 Å². The first-order chi connectivity index (χ1) is 6.24. The largest absolute Gasteiger partial charge is 0.324 e. The van der Waals surface area contributed by atoms with Crippen molar-refractivity contribution in [2.45, 2.75) is 12.5 Å². The Balaban J connectivity index is 2.47. The van der Waals surface area contributed by atoms with Gasteiger partial charge < -0.3 is 11.1 Å². The lowest BCUT2D eigenvalue weighted by Crippen LogP contribution is -2.25. The molecule has 4 N–H and O–H groups in total. The second-order valence-electron chi connectivity index (χ2n) is 2.40. The van der Waals surface area contributed by atoms with Gasteiger partial charge in [0.05, 0.1) is 6.04 Å². The number of nitrogens with two attached hydrogens (primary N) is 1. The van der Waals surface area contributed by atoms with Crippen LogP contribution < -0.4 is 11.1 Å². The maximum atomic E-state index is 5.65. The number of nitrogens with zero attached hydrogens (tertiary/aromatic N) is 3. The number of anilines is 1. The minimum atomic E-state index is -0.302. The number of terminal acetylenes is 1. The van der Waals surface area contributed by atoms with E-state index in [0.717, 1.165) is 0 Å². The van der Waals surface area contributed by atoms with E-state index in [4.69, 9.17) is 12.2 Å². The maximum Gasteiger partial charge on any atom is 0.267 e. The van der Waals surface area contributed by atoms with Crippen LogP contribution in [0.3, 0.4) is 0 Å². The Labute approximate surface area is 75.6 Å². The van der Waals surface area contributed by atoms with Gasteiger partial charge in [-0.1, -0.05) is 11.7 Å². The molecule has 0 aliphatic rings. The smallest absolute Gasteiger partial charge is 0.267 e. The number of aromatic nitrogens is 4. The number of hydrogen-bond acceptors (Lipinski definition) is 5. The fraction of sp³-hybridized carbons (Fsp3) is 0.286. The van der Waals surface area contributed by atoms with Crippen LogP contribution in [0.25, 0.3) is 0 Å². The van der Waals surface area contributed by atoms with Gasteiger partial charge in [-0.15, -0.1) is 17.4 Å². The summed E-state index contributed by atoms with van der Waals surface area (Å²) in [7, 11) is 0. The van der Waals surface area contributed by atoms with Gasteiger partial charge in [0.25, 0.3) is 5.95 Å². The molecule has 1 atom stereocenters. The molecule has 0 amide bonds. The summed E-state index contributed by atoms with van der Waals surface area (Å²) >= 11 is 0. The lowest BCUT2D eigenvalue weighted by atomic mass is 10.2. The second kappa shape index (κ2) is 4.23. The van der Waals surface area contributed by atoms with Crippen molar-refractivity contribution in [2.75, 3.05) is 5.32 Å². The van der Waals surface area contributed by atoms with Crippen molar-refractivity contribution in [3.63, 3.8) is 0 Å². The molecule has 1 aromatic heterocycles. The van der Waals surface area contributed by atoms with Crippen LogP contribution in [0.15, 0.2) is 12.3 Å². The summed E-state index contributed by atoms with van der Waals surface area (Å²) in [5.74, 6) is 2.77. The third-order valence-corrected chi connectivity index (χ3v) is 1.40. The van der Waals surface area contributed by atoms with Crippen LogP contribution in [0, 0.1) is 12.3 Å². The normalized spacial score (nSPS) is 11.7. The van der Waals surface area contributed by atoms with Crippen LogP contribution in [0.1, 0.15) is 6.42 Å². The van der Waals surface area contributed by atoms with Crippen molar-refractivity contribution in [3.05, 3.63) is 12.3 Å². The molecule has 0 spiro atoms. The second-order valence-corrected chi connectivity index (χ2v) is 2.40. The van der Waals surface area contributed by atoms with Crippen molar-refractivity contribution in [2.24, 2.45) is 5.73 Å². The van der Waals surface area contributed by atoms with Gasteiger partial charge in [0, 0.05) is 12.1 Å². The van der Waals surface area contributed by atoms with E-state index < -0.39 is 0 Å².